The molecule has 1 aromatic heterocycles. The van der Waals surface area contributed by atoms with E-state index < -0.39 is 0 Å². The standard InChI is InChI=1S/C7H14N4/c1-5(2)7-8-10-11(9-7)6(3)4/h5-6H,1-4H3. The molecule has 0 atom stereocenters. The van der Waals surface area contributed by atoms with Gasteiger partial charge in [-0.05, 0) is 19.1 Å². The van der Waals surface area contributed by atoms with E-state index in [-0.39, 0.29) is 0 Å². The second kappa shape index (κ2) is 2.98. The van der Waals surface area contributed by atoms with Gasteiger partial charge < -0.3 is 0 Å². The van der Waals surface area contributed by atoms with Gasteiger partial charge in [-0.1, -0.05) is 13.8 Å². The van der Waals surface area contributed by atoms with E-state index in [4.69, 9.17) is 0 Å². The normalized spacial score (nSPS) is 11.5. The molecule has 0 aliphatic carbocycles. The van der Waals surface area contributed by atoms with Crippen LogP contribution in [-0.4, -0.2) is 20.2 Å². The molecule has 0 spiro atoms. The average Bonchev–Trinajstić information content (AvgIpc) is 2.33. The first-order chi connectivity index (χ1) is 5.11. The van der Waals surface area contributed by atoms with Crippen molar-refractivity contribution in [3.8, 4) is 0 Å². The first kappa shape index (κ1) is 8.17. The minimum atomic E-state index is 0.301. The lowest BCUT2D eigenvalue weighted by Crippen LogP contribution is -2.05. The van der Waals surface area contributed by atoms with Crippen LogP contribution < -0.4 is 0 Å². The van der Waals surface area contributed by atoms with E-state index >= 15 is 0 Å². The Morgan fingerprint density at radius 2 is 1.82 bits per heavy atom. The fraction of sp³-hybridized carbons (Fsp3) is 0.857. The molecule has 0 N–H and O–H groups in total. The Labute approximate surface area is 66.6 Å². The Kier molecular flexibility index (Phi) is 2.22. The maximum atomic E-state index is 4.20. The summed E-state index contributed by atoms with van der Waals surface area (Å²) < 4.78 is 0. The van der Waals surface area contributed by atoms with Crippen LogP contribution in [0.3, 0.4) is 0 Å². The lowest BCUT2D eigenvalue weighted by atomic mass is 10.2. The van der Waals surface area contributed by atoms with Gasteiger partial charge >= 0.3 is 0 Å². The molecule has 0 saturated heterocycles. The van der Waals surface area contributed by atoms with Crippen molar-refractivity contribution >= 4 is 0 Å². The SMILES string of the molecule is CC(C)c1nnn(C(C)C)n1. The second-order valence-corrected chi connectivity index (χ2v) is 3.22. The smallest absolute Gasteiger partial charge is 0.162 e. The van der Waals surface area contributed by atoms with Crippen molar-refractivity contribution in [1.82, 2.24) is 20.2 Å². The summed E-state index contributed by atoms with van der Waals surface area (Å²) in [7, 11) is 0. The molecule has 1 rings (SSSR count). The lowest BCUT2D eigenvalue weighted by molar-refractivity contribution is 0.452. The molecule has 0 unspecified atom stereocenters. The van der Waals surface area contributed by atoms with E-state index in [0.717, 1.165) is 5.82 Å². The zero-order chi connectivity index (χ0) is 8.43. The van der Waals surface area contributed by atoms with Gasteiger partial charge in [0.1, 0.15) is 0 Å². The molecule has 11 heavy (non-hydrogen) atoms. The minimum Gasteiger partial charge on any atom is -0.162 e. The van der Waals surface area contributed by atoms with Crippen molar-refractivity contribution in [3.63, 3.8) is 0 Å². The van der Waals surface area contributed by atoms with E-state index in [0.29, 0.717) is 12.0 Å². The molecule has 0 aliphatic heterocycles. The van der Waals surface area contributed by atoms with Crippen molar-refractivity contribution < 1.29 is 0 Å². The van der Waals surface area contributed by atoms with Crippen LogP contribution >= 0.6 is 0 Å². The van der Waals surface area contributed by atoms with Crippen LogP contribution in [0.25, 0.3) is 0 Å². The number of rotatable bonds is 2. The number of hydrogen-bond donors (Lipinski definition) is 0. The first-order valence-electron chi connectivity index (χ1n) is 3.90. The average molecular weight is 154 g/mol. The van der Waals surface area contributed by atoms with E-state index in [1.54, 1.807) is 4.80 Å². The minimum absolute atomic E-state index is 0.301. The molecule has 0 radical (unpaired) electrons. The molecule has 0 saturated carbocycles. The van der Waals surface area contributed by atoms with Crippen LogP contribution in [0.1, 0.15) is 45.5 Å². The van der Waals surface area contributed by atoms with Crippen LogP contribution in [0.15, 0.2) is 0 Å². The summed E-state index contributed by atoms with van der Waals surface area (Å²) in [6.45, 7) is 8.18. The highest BCUT2D eigenvalue weighted by molar-refractivity contribution is 4.84. The van der Waals surface area contributed by atoms with E-state index in [1.807, 2.05) is 13.8 Å². The van der Waals surface area contributed by atoms with E-state index in [9.17, 15) is 0 Å². The molecule has 4 heteroatoms. The van der Waals surface area contributed by atoms with Gasteiger partial charge in [-0.3, -0.25) is 0 Å². The Morgan fingerprint density at radius 3 is 2.09 bits per heavy atom. The molecular weight excluding hydrogens is 140 g/mol. The van der Waals surface area contributed by atoms with Gasteiger partial charge in [0.2, 0.25) is 0 Å². The van der Waals surface area contributed by atoms with Crippen molar-refractivity contribution in [2.75, 3.05) is 0 Å². The lowest BCUT2D eigenvalue weighted by Gasteiger charge is -1.99. The molecule has 4 nitrogen and oxygen atoms in total. The van der Waals surface area contributed by atoms with Crippen molar-refractivity contribution in [3.05, 3.63) is 5.82 Å². The van der Waals surface area contributed by atoms with E-state index in [2.05, 4.69) is 29.3 Å². The van der Waals surface area contributed by atoms with Gasteiger partial charge in [0.05, 0.1) is 6.04 Å². The largest absolute Gasteiger partial charge is 0.177 e. The molecule has 0 fully saturated rings. The molecule has 0 aromatic carbocycles. The monoisotopic (exact) mass is 154 g/mol. The summed E-state index contributed by atoms with van der Waals surface area (Å²) in [6, 6.07) is 0.301. The quantitative estimate of drug-likeness (QED) is 0.646. The number of nitrogens with zero attached hydrogens (tertiary/aromatic N) is 4. The molecule has 1 aromatic rings. The molecule has 0 aliphatic rings. The van der Waals surface area contributed by atoms with Crippen molar-refractivity contribution in [1.29, 1.82) is 0 Å². The fourth-order valence-corrected chi connectivity index (χ4v) is 0.686. The Balaban J connectivity index is 2.82. The predicted molar refractivity (Wildman–Crippen MR) is 42.3 cm³/mol. The van der Waals surface area contributed by atoms with Crippen LogP contribution in [-0.2, 0) is 0 Å². The molecular formula is C7H14N4. The van der Waals surface area contributed by atoms with Crippen LogP contribution in [0.5, 0.6) is 0 Å². The van der Waals surface area contributed by atoms with Gasteiger partial charge in [-0.25, -0.2) is 0 Å². The van der Waals surface area contributed by atoms with Gasteiger partial charge in [0.25, 0.3) is 0 Å². The maximum absolute atomic E-state index is 4.20. The highest BCUT2D eigenvalue weighted by Gasteiger charge is 2.07. The number of tetrazole rings is 1. The number of hydrogen-bond acceptors (Lipinski definition) is 3. The maximum Gasteiger partial charge on any atom is 0.177 e. The highest BCUT2D eigenvalue weighted by atomic mass is 15.6. The fourth-order valence-electron chi connectivity index (χ4n) is 0.686. The Hall–Kier alpha value is -0.930. The van der Waals surface area contributed by atoms with Crippen molar-refractivity contribution in [2.45, 2.75) is 39.7 Å². The van der Waals surface area contributed by atoms with Crippen molar-refractivity contribution in [2.24, 2.45) is 0 Å². The Morgan fingerprint density at radius 1 is 1.18 bits per heavy atom. The predicted octanol–water partition coefficient (Wildman–Crippen LogP) is 1.38. The molecule has 0 bridgehead atoms. The van der Waals surface area contributed by atoms with Gasteiger partial charge in [-0.15, -0.1) is 10.2 Å². The highest BCUT2D eigenvalue weighted by Crippen LogP contribution is 2.07. The van der Waals surface area contributed by atoms with Crippen LogP contribution in [0, 0.1) is 0 Å². The summed E-state index contributed by atoms with van der Waals surface area (Å²) in [4.78, 5) is 1.63. The third kappa shape index (κ3) is 1.76. The Bertz CT molecular complexity index is 204. The molecule has 1 heterocycles. The topological polar surface area (TPSA) is 43.6 Å². The second-order valence-electron chi connectivity index (χ2n) is 3.22. The number of aromatic nitrogens is 4. The van der Waals surface area contributed by atoms with Crippen LogP contribution in [0.4, 0.5) is 0 Å². The summed E-state index contributed by atoms with van der Waals surface area (Å²) in [5.74, 6) is 1.18. The van der Waals surface area contributed by atoms with E-state index in [1.165, 1.54) is 0 Å². The van der Waals surface area contributed by atoms with Crippen LogP contribution in [0.2, 0.25) is 0 Å². The van der Waals surface area contributed by atoms with Gasteiger partial charge in [0, 0.05) is 5.92 Å². The summed E-state index contributed by atoms with van der Waals surface area (Å²) >= 11 is 0. The zero-order valence-corrected chi connectivity index (χ0v) is 7.44. The summed E-state index contributed by atoms with van der Waals surface area (Å²) in [6.07, 6.45) is 0. The summed E-state index contributed by atoms with van der Waals surface area (Å²) in [5.41, 5.74) is 0. The summed E-state index contributed by atoms with van der Waals surface area (Å²) in [5, 5.41) is 12.0. The first-order valence-corrected chi connectivity index (χ1v) is 3.90. The third-order valence-electron chi connectivity index (χ3n) is 1.42. The molecule has 62 valence electrons. The van der Waals surface area contributed by atoms with Gasteiger partial charge in [0.15, 0.2) is 5.82 Å². The van der Waals surface area contributed by atoms with Gasteiger partial charge in [-0.2, -0.15) is 4.80 Å². The third-order valence-corrected chi connectivity index (χ3v) is 1.42. The zero-order valence-electron chi connectivity index (χ0n) is 7.44. The molecule has 0 amide bonds.